The molecule has 2 N–H and O–H groups in total. The Morgan fingerprint density at radius 3 is 2.64 bits per heavy atom. The van der Waals surface area contributed by atoms with Gasteiger partial charge in [0.05, 0.1) is 0 Å². The molecule has 1 aromatic heterocycles. The Labute approximate surface area is 82.5 Å². The van der Waals surface area contributed by atoms with Crippen LogP contribution in [0.2, 0.25) is 0 Å². The average Bonchev–Trinajstić information content (AvgIpc) is 2.76. The van der Waals surface area contributed by atoms with E-state index in [-0.39, 0.29) is 5.91 Å². The first-order valence-corrected chi connectivity index (χ1v) is 4.77. The fourth-order valence-corrected chi connectivity index (χ4v) is 1.67. The molecular weight excluding hydrogens is 180 g/mol. The first-order valence-electron chi connectivity index (χ1n) is 4.77. The molecule has 5 heteroatoms. The lowest BCUT2D eigenvalue weighted by Gasteiger charge is -2.12. The number of carbonyl (C=O) groups is 1. The Kier molecular flexibility index (Phi) is 2.15. The fraction of sp³-hybridized carbons (Fsp3) is 0.556. The number of aromatic nitrogens is 2. The molecule has 2 rings (SSSR count). The summed E-state index contributed by atoms with van der Waals surface area (Å²) < 4.78 is 1.52. The molecule has 0 bridgehead atoms. The van der Waals surface area contributed by atoms with E-state index < -0.39 is 0 Å². The first kappa shape index (κ1) is 9.05. The largest absolute Gasteiger partial charge is 0.384 e. The van der Waals surface area contributed by atoms with Crippen molar-refractivity contribution in [3.05, 3.63) is 11.8 Å². The number of hydrogen-bond acceptors (Lipinski definition) is 3. The molecular formula is C9H14N4O. The normalized spacial score (nSPS) is 16.2. The summed E-state index contributed by atoms with van der Waals surface area (Å²) in [4.78, 5) is 13.6. The molecule has 0 aromatic carbocycles. The number of nitrogens with zero attached hydrogens (tertiary/aromatic N) is 3. The number of nitrogen functional groups attached to an aromatic ring is 1. The molecule has 0 aliphatic carbocycles. The highest BCUT2D eigenvalue weighted by molar-refractivity contribution is 5.93. The molecule has 1 amide bonds. The highest BCUT2D eigenvalue weighted by atomic mass is 16.2. The Balaban J connectivity index is 2.18. The number of aryl methyl sites for hydroxylation is 1. The highest BCUT2D eigenvalue weighted by Gasteiger charge is 2.21. The zero-order chi connectivity index (χ0) is 10.1. The number of rotatable bonds is 1. The summed E-state index contributed by atoms with van der Waals surface area (Å²) in [7, 11) is 1.73. The van der Waals surface area contributed by atoms with E-state index in [4.69, 9.17) is 5.73 Å². The second kappa shape index (κ2) is 3.32. The molecule has 0 atom stereocenters. The molecule has 1 aromatic rings. The Morgan fingerprint density at radius 1 is 1.50 bits per heavy atom. The lowest BCUT2D eigenvalue weighted by molar-refractivity contribution is 0.0786. The van der Waals surface area contributed by atoms with Crippen LogP contribution in [0.3, 0.4) is 0 Å². The lowest BCUT2D eigenvalue weighted by atomic mass is 10.3. The van der Waals surface area contributed by atoms with Crippen molar-refractivity contribution in [3.63, 3.8) is 0 Å². The van der Waals surface area contributed by atoms with Crippen molar-refractivity contribution in [1.82, 2.24) is 14.7 Å². The second-order valence-corrected chi connectivity index (χ2v) is 3.58. The summed E-state index contributed by atoms with van der Waals surface area (Å²) >= 11 is 0. The molecule has 14 heavy (non-hydrogen) atoms. The van der Waals surface area contributed by atoms with Crippen LogP contribution in [0, 0.1) is 0 Å². The van der Waals surface area contributed by atoms with Crippen LogP contribution in [0.25, 0.3) is 0 Å². The summed E-state index contributed by atoms with van der Waals surface area (Å²) in [5.74, 6) is 0.516. The minimum absolute atomic E-state index is 0.00481. The van der Waals surface area contributed by atoms with Gasteiger partial charge in [0.25, 0.3) is 5.91 Å². The zero-order valence-corrected chi connectivity index (χ0v) is 8.23. The van der Waals surface area contributed by atoms with Crippen LogP contribution in [-0.4, -0.2) is 33.7 Å². The number of amides is 1. The van der Waals surface area contributed by atoms with Gasteiger partial charge in [-0.25, -0.2) is 0 Å². The van der Waals surface area contributed by atoms with Gasteiger partial charge in [0, 0.05) is 26.2 Å². The number of hydrogen-bond donors (Lipinski definition) is 1. The van der Waals surface area contributed by atoms with Crippen LogP contribution < -0.4 is 5.73 Å². The molecule has 0 saturated carbocycles. The van der Waals surface area contributed by atoms with E-state index in [1.165, 1.54) is 4.68 Å². The van der Waals surface area contributed by atoms with Crippen molar-refractivity contribution in [2.75, 3.05) is 18.8 Å². The van der Waals surface area contributed by atoms with Crippen molar-refractivity contribution < 1.29 is 4.79 Å². The van der Waals surface area contributed by atoms with Gasteiger partial charge < -0.3 is 10.6 Å². The standard InChI is InChI=1S/C9H14N4O/c1-12-8(10)6-7(11-12)9(14)13-4-2-3-5-13/h6H,2-5,10H2,1H3. The van der Waals surface area contributed by atoms with Crippen molar-refractivity contribution >= 4 is 11.7 Å². The average molecular weight is 194 g/mol. The molecule has 1 fully saturated rings. The molecule has 0 radical (unpaired) electrons. The third-order valence-corrected chi connectivity index (χ3v) is 2.53. The smallest absolute Gasteiger partial charge is 0.274 e. The summed E-state index contributed by atoms with van der Waals surface area (Å²) in [6.07, 6.45) is 2.18. The number of nitrogens with two attached hydrogens (primary N) is 1. The quantitative estimate of drug-likeness (QED) is 0.696. The molecule has 5 nitrogen and oxygen atoms in total. The monoisotopic (exact) mass is 194 g/mol. The van der Waals surface area contributed by atoms with Crippen molar-refractivity contribution in [3.8, 4) is 0 Å². The van der Waals surface area contributed by atoms with Gasteiger partial charge in [-0.2, -0.15) is 5.10 Å². The van der Waals surface area contributed by atoms with Gasteiger partial charge >= 0.3 is 0 Å². The molecule has 0 spiro atoms. The number of anilines is 1. The van der Waals surface area contributed by atoms with E-state index in [0.29, 0.717) is 11.5 Å². The van der Waals surface area contributed by atoms with Crippen LogP contribution >= 0.6 is 0 Å². The first-order chi connectivity index (χ1) is 6.68. The van der Waals surface area contributed by atoms with Crippen LogP contribution in [0.4, 0.5) is 5.82 Å². The van der Waals surface area contributed by atoms with Gasteiger partial charge in [-0.05, 0) is 12.8 Å². The van der Waals surface area contributed by atoms with Crippen LogP contribution in [0.5, 0.6) is 0 Å². The van der Waals surface area contributed by atoms with Gasteiger partial charge in [0.15, 0.2) is 5.69 Å². The maximum absolute atomic E-state index is 11.8. The van der Waals surface area contributed by atoms with Crippen LogP contribution in [0.1, 0.15) is 23.3 Å². The fourth-order valence-electron chi connectivity index (χ4n) is 1.67. The SMILES string of the molecule is Cn1nc(C(=O)N2CCCC2)cc1N. The van der Waals surface area contributed by atoms with E-state index >= 15 is 0 Å². The molecule has 2 heterocycles. The van der Waals surface area contributed by atoms with E-state index in [2.05, 4.69) is 5.10 Å². The van der Waals surface area contributed by atoms with Gasteiger partial charge in [-0.3, -0.25) is 9.48 Å². The van der Waals surface area contributed by atoms with E-state index in [1.807, 2.05) is 4.90 Å². The van der Waals surface area contributed by atoms with Crippen LogP contribution in [0.15, 0.2) is 6.07 Å². The van der Waals surface area contributed by atoms with Gasteiger partial charge in [-0.1, -0.05) is 0 Å². The highest BCUT2D eigenvalue weighted by Crippen LogP contribution is 2.13. The van der Waals surface area contributed by atoms with E-state index in [1.54, 1.807) is 13.1 Å². The molecule has 1 saturated heterocycles. The Hall–Kier alpha value is -1.52. The molecule has 76 valence electrons. The van der Waals surface area contributed by atoms with Crippen molar-refractivity contribution in [1.29, 1.82) is 0 Å². The predicted octanol–water partition coefficient (Wildman–Crippen LogP) is 0.238. The number of carbonyl (C=O) groups excluding carboxylic acids is 1. The van der Waals surface area contributed by atoms with Crippen LogP contribution in [-0.2, 0) is 7.05 Å². The summed E-state index contributed by atoms with van der Waals surface area (Å²) in [5, 5.41) is 4.06. The minimum Gasteiger partial charge on any atom is -0.384 e. The maximum atomic E-state index is 11.8. The van der Waals surface area contributed by atoms with Crippen molar-refractivity contribution in [2.45, 2.75) is 12.8 Å². The topological polar surface area (TPSA) is 64.2 Å². The van der Waals surface area contributed by atoms with Gasteiger partial charge in [-0.15, -0.1) is 0 Å². The third kappa shape index (κ3) is 1.45. The van der Waals surface area contributed by atoms with E-state index in [9.17, 15) is 4.79 Å². The summed E-state index contributed by atoms with van der Waals surface area (Å²) in [5.41, 5.74) is 6.06. The summed E-state index contributed by atoms with van der Waals surface area (Å²) in [6.45, 7) is 1.69. The predicted molar refractivity (Wildman–Crippen MR) is 52.8 cm³/mol. The minimum atomic E-state index is -0.00481. The third-order valence-electron chi connectivity index (χ3n) is 2.53. The van der Waals surface area contributed by atoms with Crippen molar-refractivity contribution in [2.24, 2.45) is 7.05 Å². The maximum Gasteiger partial charge on any atom is 0.274 e. The van der Waals surface area contributed by atoms with Gasteiger partial charge in [0.2, 0.25) is 0 Å². The molecule has 0 unspecified atom stereocenters. The Morgan fingerprint density at radius 2 is 2.14 bits per heavy atom. The second-order valence-electron chi connectivity index (χ2n) is 3.58. The summed E-state index contributed by atoms with van der Waals surface area (Å²) in [6, 6.07) is 1.63. The van der Waals surface area contributed by atoms with E-state index in [0.717, 1.165) is 25.9 Å². The van der Waals surface area contributed by atoms with Gasteiger partial charge in [0.1, 0.15) is 5.82 Å². The number of likely N-dealkylation sites (tertiary alicyclic amines) is 1. The Bertz CT molecular complexity index is 332. The lowest BCUT2D eigenvalue weighted by Crippen LogP contribution is -2.28. The molecule has 1 aliphatic rings. The zero-order valence-electron chi connectivity index (χ0n) is 8.23. The molecule has 1 aliphatic heterocycles.